The highest BCUT2D eigenvalue weighted by Crippen LogP contribution is 2.38. The van der Waals surface area contributed by atoms with Crippen molar-refractivity contribution in [2.24, 2.45) is 0 Å². The van der Waals surface area contributed by atoms with Gasteiger partial charge in [0, 0.05) is 15.7 Å². The second-order valence-electron chi connectivity index (χ2n) is 7.01. The lowest BCUT2D eigenvalue weighted by atomic mass is 10.1. The monoisotopic (exact) mass is 519 g/mol. The Morgan fingerprint density at radius 2 is 1.84 bits per heavy atom. The molecule has 0 unspecified atom stereocenters. The van der Waals surface area contributed by atoms with Crippen molar-refractivity contribution < 1.29 is 18.0 Å². The number of hydrogen-bond acceptors (Lipinski definition) is 4. The van der Waals surface area contributed by atoms with Gasteiger partial charge in [0.25, 0.3) is 0 Å². The number of anilines is 1. The lowest BCUT2D eigenvalue weighted by Crippen LogP contribution is -2.16. The number of rotatable bonds is 5. The van der Waals surface area contributed by atoms with Crippen molar-refractivity contribution >= 4 is 39.3 Å². The third kappa shape index (κ3) is 5.69. The van der Waals surface area contributed by atoms with E-state index < -0.39 is 23.2 Å². The number of aromatic nitrogens is 1. The molecule has 164 valence electrons. The van der Waals surface area contributed by atoms with Gasteiger partial charge in [0.2, 0.25) is 5.91 Å². The van der Waals surface area contributed by atoms with E-state index in [9.17, 15) is 23.2 Å². The number of pyridine rings is 1. The van der Waals surface area contributed by atoms with E-state index in [4.69, 9.17) is 0 Å². The fraction of sp³-hybridized carbons (Fsp3) is 0.174. The molecule has 0 aliphatic rings. The van der Waals surface area contributed by atoms with Crippen molar-refractivity contribution in [3.05, 3.63) is 75.3 Å². The molecule has 0 bridgehead atoms. The van der Waals surface area contributed by atoms with Crippen LogP contribution in [0.4, 0.5) is 18.9 Å². The first-order chi connectivity index (χ1) is 15.1. The van der Waals surface area contributed by atoms with Crippen molar-refractivity contribution in [3.8, 4) is 17.3 Å². The number of hydrogen-bond donors (Lipinski definition) is 1. The Morgan fingerprint density at radius 1 is 1.16 bits per heavy atom. The van der Waals surface area contributed by atoms with Crippen molar-refractivity contribution in [2.45, 2.75) is 25.0 Å². The maximum atomic E-state index is 13.7. The van der Waals surface area contributed by atoms with Crippen LogP contribution in [0.2, 0.25) is 0 Å². The van der Waals surface area contributed by atoms with E-state index in [1.165, 1.54) is 0 Å². The summed E-state index contributed by atoms with van der Waals surface area (Å²) >= 11 is 4.08. The smallest absolute Gasteiger partial charge is 0.325 e. The summed E-state index contributed by atoms with van der Waals surface area (Å²) in [5.41, 5.74) is 1.31. The number of benzene rings is 2. The number of halogens is 4. The highest BCUT2D eigenvalue weighted by molar-refractivity contribution is 9.10. The van der Waals surface area contributed by atoms with Crippen LogP contribution in [0.5, 0.6) is 0 Å². The van der Waals surface area contributed by atoms with Crippen LogP contribution >= 0.6 is 27.7 Å². The molecule has 3 rings (SSSR count). The van der Waals surface area contributed by atoms with Crippen LogP contribution in [0.15, 0.2) is 58.0 Å². The second kappa shape index (κ2) is 9.76. The van der Waals surface area contributed by atoms with E-state index in [0.717, 1.165) is 33.4 Å². The van der Waals surface area contributed by atoms with Crippen molar-refractivity contribution in [2.75, 3.05) is 11.1 Å². The highest BCUT2D eigenvalue weighted by atomic mass is 79.9. The summed E-state index contributed by atoms with van der Waals surface area (Å²) in [5, 5.41) is 12.0. The molecule has 0 radical (unpaired) electrons. The summed E-state index contributed by atoms with van der Waals surface area (Å²) in [6.07, 6.45) is -4.74. The van der Waals surface area contributed by atoms with Gasteiger partial charge in [-0.15, -0.1) is 0 Å². The summed E-state index contributed by atoms with van der Waals surface area (Å²) in [4.78, 5) is 16.7. The van der Waals surface area contributed by atoms with Crippen LogP contribution in [0.1, 0.15) is 22.3 Å². The minimum atomic E-state index is -4.74. The number of amides is 1. The van der Waals surface area contributed by atoms with Gasteiger partial charge in [-0.3, -0.25) is 4.79 Å². The largest absolute Gasteiger partial charge is 0.417 e. The molecule has 4 nitrogen and oxygen atoms in total. The average Bonchev–Trinajstić information content (AvgIpc) is 2.74. The summed E-state index contributed by atoms with van der Waals surface area (Å²) < 4.78 is 41.8. The molecule has 0 spiro atoms. The van der Waals surface area contributed by atoms with Crippen molar-refractivity contribution in [3.63, 3.8) is 0 Å². The zero-order chi connectivity index (χ0) is 23.5. The predicted molar refractivity (Wildman–Crippen MR) is 122 cm³/mol. The normalized spacial score (nSPS) is 11.2. The maximum Gasteiger partial charge on any atom is 0.417 e. The Balaban J connectivity index is 1.93. The molecule has 32 heavy (non-hydrogen) atoms. The molecule has 0 fully saturated rings. The topological polar surface area (TPSA) is 65.8 Å². The number of carbonyl (C=O) groups excluding carboxylic acids is 1. The minimum Gasteiger partial charge on any atom is -0.325 e. The molecule has 1 heterocycles. The molecule has 1 aromatic heterocycles. The minimum absolute atomic E-state index is 0.0706. The lowest BCUT2D eigenvalue weighted by molar-refractivity contribution is -0.138. The Morgan fingerprint density at radius 3 is 2.47 bits per heavy atom. The average molecular weight is 520 g/mol. The van der Waals surface area contributed by atoms with Gasteiger partial charge < -0.3 is 5.32 Å². The molecule has 9 heteroatoms. The molecule has 0 saturated carbocycles. The van der Waals surface area contributed by atoms with Gasteiger partial charge >= 0.3 is 6.18 Å². The Labute approximate surface area is 196 Å². The van der Waals surface area contributed by atoms with Crippen LogP contribution < -0.4 is 5.32 Å². The molecule has 1 N–H and O–H groups in total. The molecule has 0 atom stereocenters. The van der Waals surface area contributed by atoms with Crippen molar-refractivity contribution in [1.82, 2.24) is 4.98 Å². The lowest BCUT2D eigenvalue weighted by Gasteiger charge is -2.14. The number of nitrogens with zero attached hydrogens (tertiary/aromatic N) is 2. The van der Waals surface area contributed by atoms with E-state index >= 15 is 0 Å². The van der Waals surface area contributed by atoms with Crippen molar-refractivity contribution in [1.29, 1.82) is 5.26 Å². The first-order valence-electron chi connectivity index (χ1n) is 9.36. The number of alkyl halides is 3. The second-order valence-corrected chi connectivity index (χ2v) is 8.89. The number of carbonyl (C=O) groups is 1. The number of nitriles is 1. The van der Waals surface area contributed by atoms with E-state index in [0.29, 0.717) is 11.3 Å². The van der Waals surface area contributed by atoms with Crippen LogP contribution in [0.3, 0.4) is 0 Å². The molecule has 0 saturated heterocycles. The SMILES string of the molecule is Cc1ccc(C)c(NC(=O)CSc2nc(-c3ccc(Br)cc3)cc(C(F)(F)F)c2C#N)c1. The molecular formula is C23H17BrF3N3OS. The molecule has 0 aliphatic carbocycles. The third-order valence-electron chi connectivity index (χ3n) is 4.55. The van der Waals surface area contributed by atoms with E-state index in [1.807, 2.05) is 32.0 Å². The number of thioether (sulfide) groups is 1. The third-order valence-corrected chi connectivity index (χ3v) is 6.05. The molecule has 3 aromatic rings. The first kappa shape index (κ1) is 23.8. The van der Waals surface area contributed by atoms with Gasteiger partial charge in [0.1, 0.15) is 11.1 Å². The fourth-order valence-corrected chi connectivity index (χ4v) is 3.98. The fourth-order valence-electron chi connectivity index (χ4n) is 2.92. The highest BCUT2D eigenvalue weighted by Gasteiger charge is 2.36. The number of nitrogens with one attached hydrogen (secondary N) is 1. The van der Waals surface area contributed by atoms with Gasteiger partial charge in [-0.05, 0) is 49.2 Å². The summed E-state index contributed by atoms with van der Waals surface area (Å²) in [6, 6.07) is 14.7. The quantitative estimate of drug-likeness (QED) is 0.378. The zero-order valence-corrected chi connectivity index (χ0v) is 19.5. The van der Waals surface area contributed by atoms with Gasteiger partial charge in [-0.1, -0.05) is 52.0 Å². The Kier molecular flexibility index (Phi) is 7.26. The Hall–Kier alpha value is -2.83. The van der Waals surface area contributed by atoms with Crippen LogP contribution in [0, 0.1) is 25.2 Å². The Bertz CT molecular complexity index is 1200. The van der Waals surface area contributed by atoms with E-state index in [2.05, 4.69) is 26.2 Å². The summed E-state index contributed by atoms with van der Waals surface area (Å²) in [7, 11) is 0. The van der Waals surface area contributed by atoms with Gasteiger partial charge in [0.15, 0.2) is 0 Å². The summed E-state index contributed by atoms with van der Waals surface area (Å²) in [5.74, 6) is -0.604. The number of aryl methyl sites for hydroxylation is 2. The molecule has 0 aliphatic heterocycles. The molecular weight excluding hydrogens is 503 g/mol. The summed E-state index contributed by atoms with van der Waals surface area (Å²) in [6.45, 7) is 3.73. The predicted octanol–water partition coefficient (Wildman–Crippen LogP) is 6.75. The van der Waals surface area contributed by atoms with Gasteiger partial charge in [-0.2, -0.15) is 18.4 Å². The van der Waals surface area contributed by atoms with Crippen LogP contribution in [-0.2, 0) is 11.0 Å². The molecule has 1 amide bonds. The van der Waals surface area contributed by atoms with Gasteiger partial charge in [0.05, 0.1) is 22.6 Å². The van der Waals surface area contributed by atoms with Gasteiger partial charge in [-0.25, -0.2) is 4.98 Å². The van der Waals surface area contributed by atoms with Crippen LogP contribution in [0.25, 0.3) is 11.3 Å². The maximum absolute atomic E-state index is 13.7. The first-order valence-corrected chi connectivity index (χ1v) is 11.1. The van der Waals surface area contributed by atoms with E-state index in [-0.39, 0.29) is 16.5 Å². The van der Waals surface area contributed by atoms with E-state index in [1.54, 1.807) is 30.3 Å². The van der Waals surface area contributed by atoms with Crippen LogP contribution in [-0.4, -0.2) is 16.6 Å². The molecule has 2 aromatic carbocycles. The zero-order valence-electron chi connectivity index (χ0n) is 17.0. The standard InChI is InChI=1S/C23H17BrF3N3OS/c1-13-3-4-14(2)19(9-13)29-21(31)12-32-22-17(11-28)18(23(25,26)27)10-20(30-22)15-5-7-16(24)8-6-15/h3-10H,12H2,1-2H3,(H,29,31).